The fourth-order valence-corrected chi connectivity index (χ4v) is 3.02. The Bertz CT molecular complexity index is 723. The molecule has 1 aliphatic rings. The zero-order valence-electron chi connectivity index (χ0n) is 11.6. The van der Waals surface area contributed by atoms with E-state index in [0.717, 1.165) is 24.6 Å². The van der Waals surface area contributed by atoms with Gasteiger partial charge in [0.1, 0.15) is 5.69 Å². The van der Waals surface area contributed by atoms with Crippen LogP contribution in [-0.4, -0.2) is 28.6 Å². The van der Waals surface area contributed by atoms with Crippen LogP contribution in [0.5, 0.6) is 0 Å². The van der Waals surface area contributed by atoms with Crippen molar-refractivity contribution in [3.8, 4) is 0 Å². The lowest BCUT2D eigenvalue weighted by Gasteiger charge is -2.18. The zero-order valence-corrected chi connectivity index (χ0v) is 11.6. The molecule has 21 heavy (non-hydrogen) atoms. The van der Waals surface area contributed by atoms with Crippen LogP contribution in [0, 0.1) is 5.92 Å². The number of carbonyl (C=O) groups excluding carboxylic acids is 1. The van der Waals surface area contributed by atoms with E-state index in [9.17, 15) is 14.7 Å². The number of rotatable bonds is 3. The predicted octanol–water partition coefficient (Wildman–Crippen LogP) is 1.42. The number of aliphatic hydroxyl groups excluding tert-OH is 1. The minimum atomic E-state index is -0.289. The molecular formula is C16H18N2O3. The molecule has 2 aromatic rings. The maximum atomic E-state index is 12.3. The maximum absolute atomic E-state index is 12.3. The van der Waals surface area contributed by atoms with Gasteiger partial charge in [-0.2, -0.15) is 0 Å². The molecule has 1 fully saturated rings. The first-order valence-electron chi connectivity index (χ1n) is 7.23. The highest BCUT2D eigenvalue weighted by Gasteiger charge is 2.28. The Labute approximate surface area is 122 Å². The van der Waals surface area contributed by atoms with Gasteiger partial charge in [0.05, 0.1) is 0 Å². The highest BCUT2D eigenvalue weighted by atomic mass is 16.3. The third-order valence-electron chi connectivity index (χ3n) is 4.21. The molecule has 5 nitrogen and oxygen atoms in total. The van der Waals surface area contributed by atoms with Gasteiger partial charge in [-0.25, -0.2) is 0 Å². The van der Waals surface area contributed by atoms with Crippen molar-refractivity contribution < 1.29 is 9.90 Å². The molecule has 1 aromatic heterocycles. The molecule has 1 saturated carbocycles. The lowest BCUT2D eigenvalue weighted by molar-refractivity contribution is 0.0911. The molecular weight excluding hydrogens is 268 g/mol. The Hall–Kier alpha value is -2.14. The molecule has 0 spiro atoms. The number of H-pyrrole nitrogens is 1. The second-order valence-corrected chi connectivity index (χ2v) is 5.55. The van der Waals surface area contributed by atoms with Gasteiger partial charge in [-0.05, 0) is 30.4 Å². The van der Waals surface area contributed by atoms with Crippen LogP contribution in [0.15, 0.2) is 35.1 Å². The van der Waals surface area contributed by atoms with Crippen LogP contribution in [0.3, 0.4) is 0 Å². The van der Waals surface area contributed by atoms with Crippen LogP contribution < -0.4 is 10.9 Å². The van der Waals surface area contributed by atoms with E-state index in [1.807, 2.05) is 12.1 Å². The van der Waals surface area contributed by atoms with Crippen molar-refractivity contribution in [3.05, 3.63) is 46.4 Å². The van der Waals surface area contributed by atoms with Crippen LogP contribution in [-0.2, 0) is 0 Å². The average molecular weight is 286 g/mol. The van der Waals surface area contributed by atoms with Crippen molar-refractivity contribution in [2.45, 2.75) is 25.3 Å². The van der Waals surface area contributed by atoms with E-state index in [4.69, 9.17) is 0 Å². The minimum absolute atomic E-state index is 0.0162. The average Bonchev–Trinajstić information content (AvgIpc) is 2.94. The van der Waals surface area contributed by atoms with Crippen molar-refractivity contribution in [3.63, 3.8) is 0 Å². The van der Waals surface area contributed by atoms with E-state index >= 15 is 0 Å². The Morgan fingerprint density at radius 1 is 1.33 bits per heavy atom. The summed E-state index contributed by atoms with van der Waals surface area (Å²) in [6.45, 7) is 0.0825. The molecule has 3 rings (SSSR count). The van der Waals surface area contributed by atoms with Gasteiger partial charge in [-0.3, -0.25) is 9.59 Å². The monoisotopic (exact) mass is 286 g/mol. The first-order valence-corrected chi connectivity index (χ1v) is 7.23. The summed E-state index contributed by atoms with van der Waals surface area (Å²) in [5.41, 5.74) is 0.00525. The number of hydrogen-bond donors (Lipinski definition) is 3. The summed E-state index contributed by atoms with van der Waals surface area (Å²) in [4.78, 5) is 26.9. The standard InChI is InChI=1S/C16H18N2O3/c19-9-11-5-3-7-13(11)17-16(21)14-8-10-4-1-2-6-12(10)15(20)18-14/h1-2,4,6,8,11,13,19H,3,5,7,9H2,(H,17,21)(H,18,20). The fourth-order valence-electron chi connectivity index (χ4n) is 3.02. The number of nitrogens with one attached hydrogen (secondary N) is 2. The Balaban J connectivity index is 1.86. The van der Waals surface area contributed by atoms with Crippen LogP contribution in [0.2, 0.25) is 0 Å². The molecule has 0 aliphatic heterocycles. The van der Waals surface area contributed by atoms with Crippen molar-refractivity contribution in [1.29, 1.82) is 0 Å². The molecule has 1 amide bonds. The van der Waals surface area contributed by atoms with Gasteiger partial charge in [0, 0.05) is 24.0 Å². The third-order valence-corrected chi connectivity index (χ3v) is 4.21. The van der Waals surface area contributed by atoms with E-state index in [0.29, 0.717) is 5.39 Å². The highest BCUT2D eigenvalue weighted by Crippen LogP contribution is 2.25. The lowest BCUT2D eigenvalue weighted by atomic mass is 10.0. The van der Waals surface area contributed by atoms with Crippen LogP contribution >= 0.6 is 0 Å². The summed E-state index contributed by atoms with van der Waals surface area (Å²) in [5, 5.41) is 13.5. The van der Waals surface area contributed by atoms with E-state index < -0.39 is 0 Å². The molecule has 5 heteroatoms. The summed E-state index contributed by atoms with van der Waals surface area (Å²) < 4.78 is 0. The third kappa shape index (κ3) is 2.69. The molecule has 0 radical (unpaired) electrons. The summed E-state index contributed by atoms with van der Waals surface area (Å²) in [6, 6.07) is 8.85. The zero-order chi connectivity index (χ0) is 14.8. The normalized spacial score (nSPS) is 21.6. The molecule has 1 heterocycles. The van der Waals surface area contributed by atoms with Crippen molar-refractivity contribution in [2.75, 3.05) is 6.61 Å². The van der Waals surface area contributed by atoms with Crippen molar-refractivity contribution in [2.24, 2.45) is 5.92 Å². The Morgan fingerprint density at radius 3 is 2.95 bits per heavy atom. The molecule has 0 bridgehead atoms. The number of pyridine rings is 1. The van der Waals surface area contributed by atoms with Gasteiger partial charge in [0.25, 0.3) is 11.5 Å². The van der Waals surface area contributed by atoms with E-state index in [1.165, 1.54) is 0 Å². The predicted molar refractivity (Wildman–Crippen MR) is 80.2 cm³/mol. The highest BCUT2D eigenvalue weighted by molar-refractivity contribution is 5.96. The van der Waals surface area contributed by atoms with Crippen LogP contribution in [0.1, 0.15) is 29.8 Å². The minimum Gasteiger partial charge on any atom is -0.396 e. The first-order chi connectivity index (χ1) is 10.2. The van der Waals surface area contributed by atoms with Crippen molar-refractivity contribution in [1.82, 2.24) is 10.3 Å². The number of aliphatic hydroxyl groups is 1. The number of carbonyl (C=O) groups is 1. The van der Waals surface area contributed by atoms with Gasteiger partial charge in [-0.1, -0.05) is 24.6 Å². The topological polar surface area (TPSA) is 82.2 Å². The van der Waals surface area contributed by atoms with Crippen LogP contribution in [0.25, 0.3) is 10.8 Å². The quantitative estimate of drug-likeness (QED) is 0.798. The Kier molecular flexibility index (Phi) is 3.75. The fraction of sp³-hybridized carbons (Fsp3) is 0.375. The number of benzene rings is 1. The number of fused-ring (bicyclic) bond motifs is 1. The van der Waals surface area contributed by atoms with Crippen LogP contribution in [0.4, 0.5) is 0 Å². The number of amides is 1. The van der Waals surface area contributed by atoms with Gasteiger partial charge >= 0.3 is 0 Å². The molecule has 1 aromatic carbocycles. The number of aromatic amines is 1. The maximum Gasteiger partial charge on any atom is 0.268 e. The van der Waals surface area contributed by atoms with E-state index in [-0.39, 0.29) is 35.7 Å². The molecule has 110 valence electrons. The first kappa shape index (κ1) is 13.8. The molecule has 2 atom stereocenters. The summed E-state index contributed by atoms with van der Waals surface area (Å²) in [7, 11) is 0. The number of aromatic nitrogens is 1. The summed E-state index contributed by atoms with van der Waals surface area (Å²) >= 11 is 0. The SMILES string of the molecule is O=C(NC1CCCC1CO)c1cc2ccccc2c(=O)[nH]1. The smallest absolute Gasteiger partial charge is 0.268 e. The summed E-state index contributed by atoms with van der Waals surface area (Å²) in [6.07, 6.45) is 2.80. The van der Waals surface area contributed by atoms with E-state index in [2.05, 4.69) is 10.3 Å². The Morgan fingerprint density at radius 2 is 2.14 bits per heavy atom. The molecule has 1 aliphatic carbocycles. The molecule has 0 saturated heterocycles. The number of hydrogen-bond acceptors (Lipinski definition) is 3. The molecule has 2 unspecified atom stereocenters. The lowest BCUT2D eigenvalue weighted by Crippen LogP contribution is -2.39. The second-order valence-electron chi connectivity index (χ2n) is 5.55. The van der Waals surface area contributed by atoms with Gasteiger partial charge in [0.15, 0.2) is 0 Å². The summed E-state index contributed by atoms with van der Waals surface area (Å²) in [5.74, 6) is -0.177. The molecule has 3 N–H and O–H groups in total. The van der Waals surface area contributed by atoms with Gasteiger partial charge in [-0.15, -0.1) is 0 Å². The largest absolute Gasteiger partial charge is 0.396 e. The van der Waals surface area contributed by atoms with Crippen molar-refractivity contribution >= 4 is 16.7 Å². The van der Waals surface area contributed by atoms with Gasteiger partial charge in [0.2, 0.25) is 0 Å². The van der Waals surface area contributed by atoms with E-state index in [1.54, 1.807) is 18.2 Å². The second kappa shape index (κ2) is 5.69. The van der Waals surface area contributed by atoms with Gasteiger partial charge < -0.3 is 15.4 Å².